The fraction of sp³-hybridized carbons (Fsp3) is 0.0800. The van der Waals surface area contributed by atoms with E-state index in [4.69, 9.17) is 27.9 Å². The van der Waals surface area contributed by atoms with E-state index in [1.165, 1.54) is 10.8 Å². The number of ether oxygens (including phenoxy) is 1. The van der Waals surface area contributed by atoms with E-state index < -0.39 is 0 Å². The zero-order valence-electron chi connectivity index (χ0n) is 15.9. The molecule has 0 fully saturated rings. The zero-order valence-corrected chi connectivity index (χ0v) is 17.4. The first-order chi connectivity index (χ1) is 14.1. The highest BCUT2D eigenvalue weighted by atomic mass is 35.5. The van der Waals surface area contributed by atoms with E-state index in [9.17, 15) is 0 Å². The molecule has 0 saturated carbocycles. The largest absolute Gasteiger partial charge is 0.488 e. The summed E-state index contributed by atoms with van der Waals surface area (Å²) in [5.41, 5.74) is 3.70. The van der Waals surface area contributed by atoms with Gasteiger partial charge in [-0.3, -0.25) is 4.99 Å². The maximum atomic E-state index is 6.21. The van der Waals surface area contributed by atoms with Crippen molar-refractivity contribution >= 4 is 45.9 Å². The average Bonchev–Trinajstić information content (AvgIpc) is 2.74. The minimum Gasteiger partial charge on any atom is -0.488 e. The Morgan fingerprint density at radius 1 is 0.897 bits per heavy atom. The highest BCUT2D eigenvalue weighted by Crippen LogP contribution is 2.28. The molecule has 144 valence electrons. The fourth-order valence-corrected chi connectivity index (χ4v) is 3.55. The van der Waals surface area contributed by atoms with Gasteiger partial charge in [-0.15, -0.1) is 0 Å². The molecule has 0 aromatic heterocycles. The van der Waals surface area contributed by atoms with E-state index in [0.29, 0.717) is 16.7 Å². The van der Waals surface area contributed by atoms with Crippen molar-refractivity contribution in [2.24, 2.45) is 4.99 Å². The van der Waals surface area contributed by atoms with Crippen LogP contribution in [0.15, 0.2) is 83.9 Å². The lowest BCUT2D eigenvalue weighted by atomic mass is 10.1. The van der Waals surface area contributed by atoms with Crippen molar-refractivity contribution in [3.63, 3.8) is 0 Å². The highest BCUT2D eigenvalue weighted by Gasteiger charge is 2.07. The summed E-state index contributed by atoms with van der Waals surface area (Å²) in [6.07, 6.45) is 1.77. The van der Waals surface area contributed by atoms with E-state index in [0.717, 1.165) is 28.1 Å². The number of hydrogen-bond acceptors (Lipinski definition) is 2. The molecule has 0 heterocycles. The molecule has 4 aromatic carbocycles. The summed E-state index contributed by atoms with van der Waals surface area (Å²) in [5.74, 6) is 0.728. The molecule has 0 atom stereocenters. The Morgan fingerprint density at radius 3 is 2.59 bits per heavy atom. The first kappa shape index (κ1) is 19.5. The first-order valence-electron chi connectivity index (χ1n) is 9.30. The normalized spacial score (nSPS) is 11.3. The third-order valence-electron chi connectivity index (χ3n) is 4.82. The summed E-state index contributed by atoms with van der Waals surface area (Å²) in [6, 6.07) is 25.8. The van der Waals surface area contributed by atoms with Crippen LogP contribution in [0.2, 0.25) is 10.0 Å². The lowest BCUT2D eigenvalue weighted by Crippen LogP contribution is -1.99. The van der Waals surface area contributed by atoms with Crippen LogP contribution in [0, 0.1) is 6.92 Å². The van der Waals surface area contributed by atoms with Gasteiger partial charge in [-0.25, -0.2) is 0 Å². The molecule has 0 saturated heterocycles. The molecule has 29 heavy (non-hydrogen) atoms. The van der Waals surface area contributed by atoms with Crippen LogP contribution in [0.4, 0.5) is 5.69 Å². The number of aliphatic imine (C=N–C) groups is 1. The number of nitrogens with zero attached hydrogens (tertiary/aromatic N) is 1. The van der Waals surface area contributed by atoms with Gasteiger partial charge < -0.3 is 4.74 Å². The minimum absolute atomic E-state index is 0.458. The van der Waals surface area contributed by atoms with Crippen molar-refractivity contribution in [1.82, 2.24) is 0 Å². The molecular weight excluding hydrogens is 401 g/mol. The second-order valence-corrected chi connectivity index (χ2v) is 7.59. The van der Waals surface area contributed by atoms with E-state index in [1.807, 2.05) is 61.5 Å². The Balaban J connectivity index is 1.61. The summed E-state index contributed by atoms with van der Waals surface area (Å²) < 4.78 is 6.15. The number of halogens is 2. The summed E-state index contributed by atoms with van der Waals surface area (Å²) >= 11 is 12.4. The molecule has 0 radical (unpaired) electrons. The molecule has 4 heteroatoms. The molecule has 0 aliphatic heterocycles. The van der Waals surface area contributed by atoms with Crippen molar-refractivity contribution in [3.05, 3.63) is 106 Å². The van der Waals surface area contributed by atoms with E-state index in [1.54, 1.807) is 6.21 Å². The van der Waals surface area contributed by atoms with Crippen LogP contribution in [0.5, 0.6) is 5.75 Å². The van der Waals surface area contributed by atoms with Gasteiger partial charge in [0.1, 0.15) is 12.4 Å². The predicted octanol–water partition coefficient (Wildman–Crippen LogP) is 7.78. The van der Waals surface area contributed by atoms with Crippen molar-refractivity contribution in [2.75, 3.05) is 0 Å². The Morgan fingerprint density at radius 2 is 1.69 bits per heavy atom. The highest BCUT2D eigenvalue weighted by molar-refractivity contribution is 6.31. The number of benzene rings is 4. The van der Waals surface area contributed by atoms with Gasteiger partial charge in [0.25, 0.3) is 0 Å². The van der Waals surface area contributed by atoms with Crippen LogP contribution in [0.25, 0.3) is 10.8 Å². The van der Waals surface area contributed by atoms with Crippen molar-refractivity contribution < 1.29 is 4.74 Å². The summed E-state index contributed by atoms with van der Waals surface area (Å²) in [6.45, 7) is 2.41. The van der Waals surface area contributed by atoms with Gasteiger partial charge in [0.2, 0.25) is 0 Å². The number of fused-ring (bicyclic) bond motifs is 1. The Labute approximate surface area is 180 Å². The molecule has 0 aliphatic rings. The molecule has 0 N–H and O–H groups in total. The van der Waals surface area contributed by atoms with Crippen LogP contribution in [-0.2, 0) is 6.61 Å². The van der Waals surface area contributed by atoms with Crippen molar-refractivity contribution in [3.8, 4) is 5.75 Å². The molecular formula is C25H19Cl2NO. The van der Waals surface area contributed by atoms with E-state index in [-0.39, 0.29) is 0 Å². The summed E-state index contributed by atoms with van der Waals surface area (Å²) in [5, 5.41) is 3.71. The van der Waals surface area contributed by atoms with E-state index >= 15 is 0 Å². The molecule has 0 bridgehead atoms. The number of hydrogen-bond donors (Lipinski definition) is 0. The number of rotatable bonds is 5. The predicted molar refractivity (Wildman–Crippen MR) is 123 cm³/mol. The van der Waals surface area contributed by atoms with Crippen LogP contribution in [-0.4, -0.2) is 6.21 Å². The van der Waals surface area contributed by atoms with Crippen LogP contribution in [0.3, 0.4) is 0 Å². The van der Waals surface area contributed by atoms with Gasteiger partial charge in [0.15, 0.2) is 0 Å². The van der Waals surface area contributed by atoms with Crippen LogP contribution >= 0.6 is 23.2 Å². The van der Waals surface area contributed by atoms with Gasteiger partial charge >= 0.3 is 0 Å². The summed E-state index contributed by atoms with van der Waals surface area (Å²) in [4.78, 5) is 4.60. The average molecular weight is 420 g/mol. The molecule has 0 spiro atoms. The molecule has 0 amide bonds. The van der Waals surface area contributed by atoms with Crippen LogP contribution < -0.4 is 4.74 Å². The van der Waals surface area contributed by atoms with Crippen molar-refractivity contribution in [2.45, 2.75) is 13.5 Å². The topological polar surface area (TPSA) is 21.6 Å². The lowest BCUT2D eigenvalue weighted by Gasteiger charge is -2.12. The SMILES string of the molecule is Cc1c(Cl)cccc1N=Cc1cc(Cl)ccc1OCc1cccc2ccccc12. The Hall–Kier alpha value is -2.81. The first-order valence-corrected chi connectivity index (χ1v) is 10.1. The second-order valence-electron chi connectivity index (χ2n) is 6.75. The molecule has 0 aliphatic carbocycles. The smallest absolute Gasteiger partial charge is 0.128 e. The van der Waals surface area contributed by atoms with Crippen molar-refractivity contribution in [1.29, 1.82) is 0 Å². The zero-order chi connectivity index (χ0) is 20.2. The van der Waals surface area contributed by atoms with Gasteiger partial charge in [-0.05, 0) is 59.2 Å². The monoisotopic (exact) mass is 419 g/mol. The maximum Gasteiger partial charge on any atom is 0.128 e. The lowest BCUT2D eigenvalue weighted by molar-refractivity contribution is 0.307. The third-order valence-corrected chi connectivity index (χ3v) is 5.46. The Kier molecular flexibility index (Phi) is 5.84. The quantitative estimate of drug-likeness (QED) is 0.302. The van der Waals surface area contributed by atoms with Gasteiger partial charge in [0.05, 0.1) is 5.69 Å². The Bertz CT molecular complexity index is 1200. The standard InChI is InChI=1S/C25H19Cl2NO/c1-17-23(27)10-5-11-24(17)28-15-20-14-21(26)12-13-25(20)29-16-19-8-4-7-18-6-2-3-9-22(18)19/h2-15H,16H2,1H3. The van der Waals surface area contributed by atoms with E-state index in [2.05, 4.69) is 29.3 Å². The van der Waals surface area contributed by atoms with Gasteiger partial charge in [-0.1, -0.05) is 71.7 Å². The third kappa shape index (κ3) is 4.45. The van der Waals surface area contributed by atoms with Gasteiger partial charge in [0, 0.05) is 21.8 Å². The van der Waals surface area contributed by atoms with Crippen LogP contribution in [0.1, 0.15) is 16.7 Å². The fourth-order valence-electron chi connectivity index (χ4n) is 3.20. The molecule has 2 nitrogen and oxygen atoms in total. The summed E-state index contributed by atoms with van der Waals surface area (Å²) in [7, 11) is 0. The minimum atomic E-state index is 0.458. The second kappa shape index (κ2) is 8.69. The molecule has 4 rings (SSSR count). The molecule has 4 aromatic rings. The van der Waals surface area contributed by atoms with Gasteiger partial charge in [-0.2, -0.15) is 0 Å². The molecule has 0 unspecified atom stereocenters. The maximum absolute atomic E-state index is 6.21.